The number of carbonyl (C=O) groups is 2. The van der Waals surface area contributed by atoms with Crippen LogP contribution < -0.4 is 11.1 Å². The lowest BCUT2D eigenvalue weighted by Crippen LogP contribution is -2.42. The van der Waals surface area contributed by atoms with Gasteiger partial charge in [-0.05, 0) is 25.8 Å². The molecule has 1 heterocycles. The maximum atomic E-state index is 12.0. The van der Waals surface area contributed by atoms with Gasteiger partial charge in [0.2, 0.25) is 0 Å². The monoisotopic (exact) mass is 293 g/mol. The molecule has 0 spiro atoms. The van der Waals surface area contributed by atoms with Crippen LogP contribution in [0.15, 0.2) is 12.3 Å². The molecule has 1 aliphatic rings. The van der Waals surface area contributed by atoms with Crippen molar-refractivity contribution in [3.8, 4) is 0 Å². The maximum absolute atomic E-state index is 12.0. The molecule has 6 nitrogen and oxygen atoms in total. The lowest BCUT2D eigenvalue weighted by molar-refractivity contribution is -0.130. The summed E-state index contributed by atoms with van der Waals surface area (Å²) in [5.74, 6) is -0.780. The molecule has 0 saturated heterocycles. The molecule has 3 N–H and O–H groups in total. The summed E-state index contributed by atoms with van der Waals surface area (Å²) in [6.07, 6.45) is 6.33. The van der Waals surface area contributed by atoms with Crippen LogP contribution in [0.1, 0.15) is 49.5 Å². The molecule has 1 aliphatic carbocycles. The van der Waals surface area contributed by atoms with E-state index in [1.54, 1.807) is 24.7 Å². The van der Waals surface area contributed by atoms with Gasteiger partial charge in [0.15, 0.2) is 6.10 Å². The fourth-order valence-corrected chi connectivity index (χ4v) is 2.63. The zero-order chi connectivity index (χ0) is 15.4. The molecule has 21 heavy (non-hydrogen) atoms. The SMILES string of the molecule is CC(OC(=O)c1cc(N)cn1C)C(=O)NC1CCCCC1. The van der Waals surface area contributed by atoms with E-state index in [0.29, 0.717) is 11.4 Å². The Bertz CT molecular complexity index is 518. The zero-order valence-corrected chi connectivity index (χ0v) is 12.6. The minimum Gasteiger partial charge on any atom is -0.448 e. The summed E-state index contributed by atoms with van der Waals surface area (Å²) in [4.78, 5) is 24.1. The molecule has 1 aromatic heterocycles. The molecule has 6 heteroatoms. The average molecular weight is 293 g/mol. The number of nitrogens with one attached hydrogen (secondary N) is 1. The number of nitrogens with two attached hydrogens (primary N) is 1. The van der Waals surface area contributed by atoms with E-state index in [0.717, 1.165) is 25.7 Å². The van der Waals surface area contributed by atoms with Gasteiger partial charge in [-0.25, -0.2) is 4.79 Å². The Morgan fingerprint density at radius 1 is 1.38 bits per heavy atom. The van der Waals surface area contributed by atoms with E-state index in [-0.39, 0.29) is 11.9 Å². The van der Waals surface area contributed by atoms with E-state index in [2.05, 4.69) is 5.32 Å². The number of hydrogen-bond donors (Lipinski definition) is 2. The van der Waals surface area contributed by atoms with E-state index in [1.165, 1.54) is 12.5 Å². The Morgan fingerprint density at radius 3 is 2.62 bits per heavy atom. The molecule has 1 unspecified atom stereocenters. The molecule has 2 rings (SSSR count). The molecular formula is C15H23N3O3. The van der Waals surface area contributed by atoms with Crippen molar-refractivity contribution in [2.45, 2.75) is 51.2 Å². The average Bonchev–Trinajstić information content (AvgIpc) is 2.78. The summed E-state index contributed by atoms with van der Waals surface area (Å²) < 4.78 is 6.79. The minimum atomic E-state index is -0.810. The van der Waals surface area contributed by atoms with Crippen LogP contribution in [-0.2, 0) is 16.6 Å². The van der Waals surface area contributed by atoms with Crippen molar-refractivity contribution in [3.05, 3.63) is 18.0 Å². The molecule has 116 valence electrons. The smallest absolute Gasteiger partial charge is 0.355 e. The van der Waals surface area contributed by atoms with Gasteiger partial charge >= 0.3 is 5.97 Å². The Hall–Kier alpha value is -1.98. The molecule has 0 bridgehead atoms. The van der Waals surface area contributed by atoms with Crippen molar-refractivity contribution in [2.75, 3.05) is 5.73 Å². The van der Waals surface area contributed by atoms with Gasteiger partial charge in [0.05, 0.1) is 5.69 Å². The highest BCUT2D eigenvalue weighted by Gasteiger charge is 2.23. The third kappa shape index (κ3) is 4.00. The Kier molecular flexibility index (Phi) is 4.88. The number of aryl methyl sites for hydroxylation is 1. The van der Waals surface area contributed by atoms with Crippen LogP contribution in [0.5, 0.6) is 0 Å². The fourth-order valence-electron chi connectivity index (χ4n) is 2.63. The quantitative estimate of drug-likeness (QED) is 0.826. The number of esters is 1. The summed E-state index contributed by atoms with van der Waals surface area (Å²) in [5.41, 5.74) is 6.45. The van der Waals surface area contributed by atoms with Crippen LogP contribution in [0, 0.1) is 0 Å². The Morgan fingerprint density at radius 2 is 2.05 bits per heavy atom. The van der Waals surface area contributed by atoms with Gasteiger partial charge < -0.3 is 20.4 Å². The molecule has 1 amide bonds. The van der Waals surface area contributed by atoms with Gasteiger partial charge in [-0.1, -0.05) is 19.3 Å². The van der Waals surface area contributed by atoms with E-state index >= 15 is 0 Å². The van der Waals surface area contributed by atoms with Gasteiger partial charge in [-0.2, -0.15) is 0 Å². The zero-order valence-electron chi connectivity index (χ0n) is 12.6. The first-order valence-electron chi connectivity index (χ1n) is 7.40. The summed E-state index contributed by atoms with van der Waals surface area (Å²) in [6, 6.07) is 1.74. The van der Waals surface area contributed by atoms with Crippen LogP contribution in [0.25, 0.3) is 0 Å². The second-order valence-electron chi connectivity index (χ2n) is 5.66. The van der Waals surface area contributed by atoms with Crippen molar-refractivity contribution in [3.63, 3.8) is 0 Å². The molecule has 1 fully saturated rings. The van der Waals surface area contributed by atoms with Gasteiger partial charge in [0.1, 0.15) is 5.69 Å². The van der Waals surface area contributed by atoms with Gasteiger partial charge in [0.25, 0.3) is 5.91 Å². The van der Waals surface area contributed by atoms with E-state index < -0.39 is 12.1 Å². The maximum Gasteiger partial charge on any atom is 0.355 e. The number of carbonyl (C=O) groups excluding carboxylic acids is 2. The second kappa shape index (κ2) is 6.65. The first kappa shape index (κ1) is 15.4. The molecule has 1 aromatic rings. The van der Waals surface area contributed by atoms with Crippen molar-refractivity contribution >= 4 is 17.6 Å². The molecule has 1 atom stereocenters. The summed E-state index contributed by atoms with van der Waals surface area (Å²) in [6.45, 7) is 1.59. The highest BCUT2D eigenvalue weighted by molar-refractivity contribution is 5.91. The number of amides is 1. The summed E-state index contributed by atoms with van der Waals surface area (Å²) >= 11 is 0. The number of hydrogen-bond acceptors (Lipinski definition) is 4. The lowest BCUT2D eigenvalue weighted by Gasteiger charge is -2.24. The van der Waals surface area contributed by atoms with Crippen molar-refractivity contribution < 1.29 is 14.3 Å². The van der Waals surface area contributed by atoms with Crippen molar-refractivity contribution in [2.24, 2.45) is 7.05 Å². The van der Waals surface area contributed by atoms with E-state index in [1.807, 2.05) is 0 Å². The Labute approximate surface area is 124 Å². The van der Waals surface area contributed by atoms with E-state index in [9.17, 15) is 9.59 Å². The molecule has 0 radical (unpaired) electrons. The molecule has 1 saturated carbocycles. The van der Waals surface area contributed by atoms with E-state index in [4.69, 9.17) is 10.5 Å². The van der Waals surface area contributed by atoms with Gasteiger partial charge in [-0.3, -0.25) is 4.79 Å². The topological polar surface area (TPSA) is 86.3 Å². The van der Waals surface area contributed by atoms with Gasteiger partial charge in [-0.15, -0.1) is 0 Å². The van der Waals surface area contributed by atoms with Crippen LogP contribution >= 0.6 is 0 Å². The molecule has 0 aromatic carbocycles. The second-order valence-corrected chi connectivity index (χ2v) is 5.66. The van der Waals surface area contributed by atoms with Crippen LogP contribution in [-0.4, -0.2) is 28.6 Å². The predicted octanol–water partition coefficient (Wildman–Crippen LogP) is 1.60. The third-order valence-corrected chi connectivity index (χ3v) is 3.84. The standard InChI is InChI=1S/C15H23N3O3/c1-10(14(19)17-12-6-4-3-5-7-12)21-15(20)13-8-11(16)9-18(13)2/h8-10,12H,3-7,16H2,1-2H3,(H,17,19). The third-order valence-electron chi connectivity index (χ3n) is 3.84. The van der Waals surface area contributed by atoms with Gasteiger partial charge in [0, 0.05) is 19.3 Å². The summed E-state index contributed by atoms with van der Waals surface area (Å²) in [7, 11) is 1.71. The highest BCUT2D eigenvalue weighted by Crippen LogP contribution is 2.17. The molecular weight excluding hydrogens is 270 g/mol. The Balaban J connectivity index is 1.87. The number of ether oxygens (including phenoxy) is 1. The number of nitrogens with zero attached hydrogens (tertiary/aromatic N) is 1. The van der Waals surface area contributed by atoms with Crippen LogP contribution in [0.4, 0.5) is 5.69 Å². The lowest BCUT2D eigenvalue weighted by atomic mass is 9.95. The largest absolute Gasteiger partial charge is 0.448 e. The normalized spacial score (nSPS) is 17.2. The number of rotatable bonds is 4. The van der Waals surface area contributed by atoms with Crippen molar-refractivity contribution in [1.82, 2.24) is 9.88 Å². The first-order chi connectivity index (χ1) is 9.97. The highest BCUT2D eigenvalue weighted by atomic mass is 16.5. The summed E-state index contributed by atoms with van der Waals surface area (Å²) in [5, 5.41) is 2.95. The predicted molar refractivity (Wildman–Crippen MR) is 79.7 cm³/mol. The van der Waals surface area contributed by atoms with Crippen molar-refractivity contribution in [1.29, 1.82) is 0 Å². The number of nitrogen functional groups attached to an aromatic ring is 1. The fraction of sp³-hybridized carbons (Fsp3) is 0.600. The number of aromatic nitrogens is 1. The first-order valence-corrected chi connectivity index (χ1v) is 7.40. The van der Waals surface area contributed by atoms with Crippen LogP contribution in [0.2, 0.25) is 0 Å². The molecule has 0 aliphatic heterocycles. The number of anilines is 1. The van der Waals surface area contributed by atoms with Crippen LogP contribution in [0.3, 0.4) is 0 Å². The minimum absolute atomic E-state index is 0.207.